The van der Waals surface area contributed by atoms with Gasteiger partial charge in [-0.15, -0.1) is 0 Å². The lowest BCUT2D eigenvalue weighted by atomic mass is 10.1. The van der Waals surface area contributed by atoms with Crippen LogP contribution in [0.25, 0.3) is 0 Å². The van der Waals surface area contributed by atoms with Crippen molar-refractivity contribution in [3.05, 3.63) is 35.9 Å². The fraction of sp³-hybridized carbons (Fsp3) is 0.222. The van der Waals surface area contributed by atoms with Gasteiger partial charge in [0.2, 0.25) is 0 Å². The summed E-state index contributed by atoms with van der Waals surface area (Å²) in [5.74, 6) is 0. The smallest absolute Gasteiger partial charge is 0.404 e. The minimum atomic E-state index is -1.13. The molecule has 4 nitrogen and oxygen atoms in total. The lowest BCUT2D eigenvalue weighted by molar-refractivity contribution is 0.159. The van der Waals surface area contributed by atoms with Crippen LogP contribution in [0.15, 0.2) is 30.3 Å². The largest absolute Gasteiger partial charge is 0.465 e. The van der Waals surface area contributed by atoms with E-state index in [2.05, 4.69) is 5.32 Å². The highest BCUT2D eigenvalue weighted by molar-refractivity contribution is 5.64. The van der Waals surface area contributed by atoms with E-state index in [0.717, 1.165) is 0 Å². The Bertz CT molecular complexity index is 273. The molecule has 0 saturated carbocycles. The fourth-order valence-corrected chi connectivity index (χ4v) is 0.977. The number of aliphatic hydroxyl groups is 1. The maximum atomic E-state index is 10.1. The topological polar surface area (TPSA) is 69.6 Å². The molecular weight excluding hydrogens is 170 g/mol. The molecule has 0 aliphatic carbocycles. The van der Waals surface area contributed by atoms with E-state index < -0.39 is 12.2 Å². The normalized spacial score (nSPS) is 12.1. The van der Waals surface area contributed by atoms with E-state index in [1.165, 1.54) is 0 Å². The number of hydrogen-bond donors (Lipinski definition) is 3. The summed E-state index contributed by atoms with van der Waals surface area (Å²) in [7, 11) is 0. The van der Waals surface area contributed by atoms with Crippen LogP contribution in [0.3, 0.4) is 0 Å². The van der Waals surface area contributed by atoms with Crippen molar-refractivity contribution in [3.8, 4) is 0 Å². The lowest BCUT2D eigenvalue weighted by Gasteiger charge is -2.09. The molecule has 0 bridgehead atoms. The van der Waals surface area contributed by atoms with Crippen LogP contribution < -0.4 is 5.32 Å². The Kier molecular flexibility index (Phi) is 3.28. The van der Waals surface area contributed by atoms with E-state index in [-0.39, 0.29) is 6.54 Å². The van der Waals surface area contributed by atoms with Crippen molar-refractivity contribution in [1.29, 1.82) is 0 Å². The first-order chi connectivity index (χ1) is 6.20. The highest BCUT2D eigenvalue weighted by Gasteiger charge is 2.06. The zero-order chi connectivity index (χ0) is 9.68. The first kappa shape index (κ1) is 9.54. The molecule has 1 aromatic rings. The molecule has 13 heavy (non-hydrogen) atoms. The van der Waals surface area contributed by atoms with Crippen molar-refractivity contribution >= 4 is 6.09 Å². The van der Waals surface area contributed by atoms with Crippen LogP contribution in [-0.2, 0) is 0 Å². The molecule has 0 radical (unpaired) electrons. The van der Waals surface area contributed by atoms with Crippen LogP contribution in [0.4, 0.5) is 4.79 Å². The van der Waals surface area contributed by atoms with Gasteiger partial charge in [0.15, 0.2) is 0 Å². The second-order valence-electron chi connectivity index (χ2n) is 2.61. The molecule has 70 valence electrons. The van der Waals surface area contributed by atoms with Gasteiger partial charge in [0.05, 0.1) is 12.6 Å². The van der Waals surface area contributed by atoms with Crippen LogP contribution in [0.1, 0.15) is 11.7 Å². The van der Waals surface area contributed by atoms with Gasteiger partial charge in [-0.1, -0.05) is 30.3 Å². The first-order valence-corrected chi connectivity index (χ1v) is 3.90. The van der Waals surface area contributed by atoms with Crippen LogP contribution in [0, 0.1) is 0 Å². The molecule has 0 spiro atoms. The Morgan fingerprint density at radius 2 is 2.00 bits per heavy atom. The molecule has 1 aromatic carbocycles. The predicted molar refractivity (Wildman–Crippen MR) is 47.4 cm³/mol. The van der Waals surface area contributed by atoms with Gasteiger partial charge in [-0.05, 0) is 5.56 Å². The molecule has 0 aromatic heterocycles. The van der Waals surface area contributed by atoms with Crippen molar-refractivity contribution in [2.75, 3.05) is 6.54 Å². The summed E-state index contributed by atoms with van der Waals surface area (Å²) < 4.78 is 0. The van der Waals surface area contributed by atoms with Gasteiger partial charge in [-0.2, -0.15) is 0 Å². The number of hydrogen-bond acceptors (Lipinski definition) is 2. The quantitative estimate of drug-likeness (QED) is 0.651. The summed E-state index contributed by atoms with van der Waals surface area (Å²) in [5.41, 5.74) is 0.705. The molecule has 3 N–H and O–H groups in total. The van der Waals surface area contributed by atoms with Crippen molar-refractivity contribution in [1.82, 2.24) is 5.32 Å². The van der Waals surface area contributed by atoms with Crippen LogP contribution >= 0.6 is 0 Å². The Morgan fingerprint density at radius 1 is 1.38 bits per heavy atom. The third-order valence-corrected chi connectivity index (χ3v) is 1.63. The predicted octanol–water partition coefficient (Wildman–Crippen LogP) is 0.988. The highest BCUT2D eigenvalue weighted by Crippen LogP contribution is 2.09. The van der Waals surface area contributed by atoms with Crippen LogP contribution in [0.5, 0.6) is 0 Å². The molecular formula is C9H11NO3. The maximum Gasteiger partial charge on any atom is 0.404 e. The zero-order valence-electron chi connectivity index (χ0n) is 6.97. The van der Waals surface area contributed by atoms with Crippen molar-refractivity contribution in [2.45, 2.75) is 6.10 Å². The molecule has 0 fully saturated rings. The number of nitrogens with one attached hydrogen (secondary N) is 1. The van der Waals surface area contributed by atoms with Gasteiger partial charge >= 0.3 is 6.09 Å². The number of rotatable bonds is 3. The Labute approximate surface area is 75.8 Å². The summed E-state index contributed by atoms with van der Waals surface area (Å²) in [6.45, 7) is 0.0132. The number of carboxylic acid groups (broad SMARTS) is 1. The second kappa shape index (κ2) is 4.47. The molecule has 0 saturated heterocycles. The summed E-state index contributed by atoms with van der Waals surface area (Å²) in [4.78, 5) is 10.1. The van der Waals surface area contributed by atoms with E-state index in [9.17, 15) is 9.90 Å². The average Bonchev–Trinajstić information content (AvgIpc) is 2.15. The summed E-state index contributed by atoms with van der Waals surface area (Å²) in [6.07, 6.45) is -1.91. The SMILES string of the molecule is O=C(O)NC[C@@H](O)c1ccccc1. The van der Waals surface area contributed by atoms with Gasteiger partial charge in [-0.25, -0.2) is 4.79 Å². The molecule has 0 aliphatic heterocycles. The Morgan fingerprint density at radius 3 is 2.54 bits per heavy atom. The van der Waals surface area contributed by atoms with Crippen molar-refractivity contribution < 1.29 is 15.0 Å². The van der Waals surface area contributed by atoms with Gasteiger partial charge in [0.25, 0.3) is 0 Å². The third kappa shape index (κ3) is 3.13. The van der Waals surface area contributed by atoms with Crippen molar-refractivity contribution in [3.63, 3.8) is 0 Å². The van der Waals surface area contributed by atoms with E-state index >= 15 is 0 Å². The van der Waals surface area contributed by atoms with E-state index in [4.69, 9.17) is 5.11 Å². The molecule has 0 heterocycles. The molecule has 1 atom stereocenters. The molecule has 4 heteroatoms. The number of benzene rings is 1. The summed E-state index contributed by atoms with van der Waals surface area (Å²) in [6, 6.07) is 8.90. The minimum Gasteiger partial charge on any atom is -0.465 e. The first-order valence-electron chi connectivity index (χ1n) is 3.90. The summed E-state index contributed by atoms with van der Waals surface area (Å²) >= 11 is 0. The minimum absolute atomic E-state index is 0.0132. The third-order valence-electron chi connectivity index (χ3n) is 1.63. The van der Waals surface area contributed by atoms with E-state index in [0.29, 0.717) is 5.56 Å². The number of carbonyl (C=O) groups is 1. The van der Waals surface area contributed by atoms with Crippen LogP contribution in [0.2, 0.25) is 0 Å². The fourth-order valence-electron chi connectivity index (χ4n) is 0.977. The Balaban J connectivity index is 2.49. The maximum absolute atomic E-state index is 10.1. The molecule has 0 unspecified atom stereocenters. The molecule has 1 amide bonds. The highest BCUT2D eigenvalue weighted by atomic mass is 16.4. The standard InChI is InChI=1S/C9H11NO3/c11-8(6-10-9(12)13)7-4-2-1-3-5-7/h1-5,8,10-11H,6H2,(H,12,13)/t8-/m1/s1. The van der Waals surface area contributed by atoms with Gasteiger partial charge in [0.1, 0.15) is 0 Å². The zero-order valence-corrected chi connectivity index (χ0v) is 6.97. The molecule has 1 rings (SSSR count). The number of amides is 1. The van der Waals surface area contributed by atoms with E-state index in [1.807, 2.05) is 6.07 Å². The van der Waals surface area contributed by atoms with Crippen molar-refractivity contribution in [2.24, 2.45) is 0 Å². The van der Waals surface area contributed by atoms with Crippen LogP contribution in [-0.4, -0.2) is 22.9 Å². The van der Waals surface area contributed by atoms with Gasteiger partial charge < -0.3 is 15.5 Å². The summed E-state index contributed by atoms with van der Waals surface area (Å²) in [5, 5.41) is 19.8. The average molecular weight is 181 g/mol. The van der Waals surface area contributed by atoms with Gasteiger partial charge in [-0.3, -0.25) is 0 Å². The lowest BCUT2D eigenvalue weighted by Crippen LogP contribution is -2.26. The van der Waals surface area contributed by atoms with Gasteiger partial charge in [0, 0.05) is 0 Å². The monoisotopic (exact) mass is 181 g/mol. The molecule has 0 aliphatic rings. The van der Waals surface area contributed by atoms with E-state index in [1.54, 1.807) is 24.3 Å². The second-order valence-corrected chi connectivity index (χ2v) is 2.61. The number of aliphatic hydroxyl groups excluding tert-OH is 1. The Hall–Kier alpha value is -1.55.